The Kier molecular flexibility index (Phi) is 3.12. The summed E-state index contributed by atoms with van der Waals surface area (Å²) in [4.78, 5) is 10.5. The molecule has 0 amide bonds. The Hall–Kier alpha value is -1.80. The molecule has 0 aromatic heterocycles. The van der Waals surface area contributed by atoms with Gasteiger partial charge in [-0.1, -0.05) is 18.1 Å². The Labute approximate surface area is 87.5 Å². The topological polar surface area (TPSA) is 71.4 Å². The molecule has 0 fully saturated rings. The number of aromatic carboxylic acids is 1. The Morgan fingerprint density at radius 3 is 2.53 bits per heavy atom. The molecule has 1 N–H and O–H groups in total. The van der Waals surface area contributed by atoms with Crippen LogP contribution in [-0.4, -0.2) is 25.2 Å². The zero-order chi connectivity index (χ0) is 11.5. The maximum absolute atomic E-state index is 11.6. The molecule has 0 saturated carbocycles. The minimum Gasteiger partial charge on any atom is -0.478 e. The van der Waals surface area contributed by atoms with Gasteiger partial charge in [-0.3, -0.25) is 0 Å². The number of sulfone groups is 1. The van der Waals surface area contributed by atoms with Crippen LogP contribution in [0.1, 0.15) is 10.4 Å². The Morgan fingerprint density at radius 2 is 2.00 bits per heavy atom. The lowest BCUT2D eigenvalue weighted by Gasteiger charge is -2.04. The molecule has 0 saturated heterocycles. The van der Waals surface area contributed by atoms with Crippen molar-refractivity contribution in [2.45, 2.75) is 4.90 Å². The zero-order valence-electron chi connectivity index (χ0n) is 7.67. The molecule has 78 valence electrons. The van der Waals surface area contributed by atoms with Crippen molar-refractivity contribution in [1.82, 2.24) is 0 Å². The van der Waals surface area contributed by atoms with E-state index in [2.05, 4.69) is 0 Å². The van der Waals surface area contributed by atoms with Crippen LogP contribution < -0.4 is 0 Å². The number of terminal acetylenes is 1. The van der Waals surface area contributed by atoms with Gasteiger partial charge in [0.2, 0.25) is 0 Å². The van der Waals surface area contributed by atoms with E-state index in [0.717, 1.165) is 0 Å². The van der Waals surface area contributed by atoms with Crippen molar-refractivity contribution in [3.05, 3.63) is 29.8 Å². The van der Waals surface area contributed by atoms with Gasteiger partial charge < -0.3 is 5.11 Å². The predicted octanol–water partition coefficient (Wildman–Crippen LogP) is 0.792. The highest BCUT2D eigenvalue weighted by Crippen LogP contribution is 2.16. The molecule has 0 aliphatic heterocycles. The number of carboxylic acids is 1. The molecule has 5 heteroatoms. The standard InChI is InChI=1S/C10H8O4S/c1-2-7-15(13,14)9-6-4-3-5-8(9)10(11)12/h1,3-6H,7H2,(H,11,12). The van der Waals surface area contributed by atoms with E-state index in [1.165, 1.54) is 24.3 Å². The Bertz CT molecular complexity index is 523. The van der Waals surface area contributed by atoms with E-state index >= 15 is 0 Å². The van der Waals surface area contributed by atoms with Gasteiger partial charge in [-0.25, -0.2) is 13.2 Å². The van der Waals surface area contributed by atoms with Crippen LogP contribution in [0.5, 0.6) is 0 Å². The van der Waals surface area contributed by atoms with Crippen LogP contribution in [0.3, 0.4) is 0 Å². The molecule has 0 unspecified atom stereocenters. The fraction of sp³-hybridized carbons (Fsp3) is 0.100. The molecule has 0 aliphatic carbocycles. The van der Waals surface area contributed by atoms with Gasteiger partial charge in [0.25, 0.3) is 0 Å². The first-order valence-electron chi connectivity index (χ1n) is 3.97. The van der Waals surface area contributed by atoms with Gasteiger partial charge in [0, 0.05) is 0 Å². The van der Waals surface area contributed by atoms with Crippen LogP contribution in [0.4, 0.5) is 0 Å². The lowest BCUT2D eigenvalue weighted by Crippen LogP contribution is -2.11. The maximum Gasteiger partial charge on any atom is 0.337 e. The molecule has 0 spiro atoms. The van der Waals surface area contributed by atoms with Gasteiger partial charge in [-0.15, -0.1) is 6.42 Å². The highest BCUT2D eigenvalue weighted by molar-refractivity contribution is 7.91. The Balaban J connectivity index is 3.39. The second kappa shape index (κ2) is 4.15. The average Bonchev–Trinajstić information content (AvgIpc) is 2.17. The van der Waals surface area contributed by atoms with E-state index in [1.54, 1.807) is 0 Å². The van der Waals surface area contributed by atoms with Crippen LogP contribution in [0.15, 0.2) is 29.2 Å². The smallest absolute Gasteiger partial charge is 0.337 e. The van der Waals surface area contributed by atoms with E-state index in [9.17, 15) is 13.2 Å². The predicted molar refractivity (Wildman–Crippen MR) is 54.3 cm³/mol. The third kappa shape index (κ3) is 2.36. The molecular weight excluding hydrogens is 216 g/mol. The molecule has 0 atom stereocenters. The van der Waals surface area contributed by atoms with E-state index in [-0.39, 0.29) is 10.5 Å². The van der Waals surface area contributed by atoms with Gasteiger partial charge in [0.1, 0.15) is 5.75 Å². The first-order chi connectivity index (χ1) is 6.99. The quantitative estimate of drug-likeness (QED) is 0.770. The third-order valence-corrected chi connectivity index (χ3v) is 3.30. The molecule has 1 rings (SSSR count). The molecule has 4 nitrogen and oxygen atoms in total. The van der Waals surface area contributed by atoms with Gasteiger partial charge in [-0.2, -0.15) is 0 Å². The molecule has 0 aliphatic rings. The molecule has 1 aromatic carbocycles. The summed E-state index contributed by atoms with van der Waals surface area (Å²) in [7, 11) is -3.70. The minimum absolute atomic E-state index is 0.240. The summed E-state index contributed by atoms with van der Waals surface area (Å²) in [6.45, 7) is 0. The summed E-state index contributed by atoms with van der Waals surface area (Å²) in [5, 5.41) is 8.78. The van der Waals surface area contributed by atoms with Gasteiger partial charge >= 0.3 is 5.97 Å². The SMILES string of the molecule is C#CCS(=O)(=O)c1ccccc1C(=O)O. The molecule has 0 heterocycles. The van der Waals surface area contributed by atoms with Crippen molar-refractivity contribution < 1.29 is 18.3 Å². The summed E-state index contributed by atoms with van der Waals surface area (Å²) in [5.41, 5.74) is -0.257. The van der Waals surface area contributed by atoms with Crippen molar-refractivity contribution in [2.24, 2.45) is 0 Å². The van der Waals surface area contributed by atoms with Crippen LogP contribution in [0, 0.1) is 12.3 Å². The summed E-state index contributed by atoms with van der Waals surface area (Å²) < 4.78 is 23.1. The van der Waals surface area contributed by atoms with Crippen molar-refractivity contribution in [3.8, 4) is 12.3 Å². The first kappa shape index (κ1) is 11.3. The number of benzene rings is 1. The number of carbonyl (C=O) groups is 1. The molecule has 15 heavy (non-hydrogen) atoms. The summed E-state index contributed by atoms with van der Waals surface area (Å²) in [6.07, 6.45) is 4.90. The van der Waals surface area contributed by atoms with Crippen LogP contribution in [-0.2, 0) is 9.84 Å². The minimum atomic E-state index is -3.70. The van der Waals surface area contributed by atoms with Crippen LogP contribution in [0.2, 0.25) is 0 Å². The number of carboxylic acid groups (broad SMARTS) is 1. The van der Waals surface area contributed by atoms with E-state index < -0.39 is 21.6 Å². The monoisotopic (exact) mass is 224 g/mol. The second-order valence-corrected chi connectivity index (χ2v) is 4.72. The fourth-order valence-corrected chi connectivity index (χ4v) is 2.25. The number of hydrogen-bond acceptors (Lipinski definition) is 3. The summed E-state index contributed by atoms with van der Waals surface area (Å²) in [6, 6.07) is 5.37. The largest absolute Gasteiger partial charge is 0.478 e. The molecule has 0 bridgehead atoms. The molecule has 1 aromatic rings. The van der Waals surface area contributed by atoms with Gasteiger partial charge in [-0.05, 0) is 12.1 Å². The van der Waals surface area contributed by atoms with E-state index in [1.807, 2.05) is 5.92 Å². The highest BCUT2D eigenvalue weighted by atomic mass is 32.2. The lowest BCUT2D eigenvalue weighted by atomic mass is 10.2. The third-order valence-electron chi connectivity index (χ3n) is 1.73. The maximum atomic E-state index is 11.6. The highest BCUT2D eigenvalue weighted by Gasteiger charge is 2.20. The second-order valence-electron chi connectivity index (χ2n) is 2.76. The molecular formula is C10H8O4S. The molecule has 0 radical (unpaired) electrons. The first-order valence-corrected chi connectivity index (χ1v) is 5.63. The van der Waals surface area contributed by atoms with Crippen molar-refractivity contribution in [3.63, 3.8) is 0 Å². The Morgan fingerprint density at radius 1 is 1.40 bits per heavy atom. The van der Waals surface area contributed by atoms with E-state index in [4.69, 9.17) is 11.5 Å². The zero-order valence-corrected chi connectivity index (χ0v) is 8.49. The van der Waals surface area contributed by atoms with Crippen LogP contribution >= 0.6 is 0 Å². The van der Waals surface area contributed by atoms with Crippen molar-refractivity contribution in [2.75, 3.05) is 5.75 Å². The normalized spacial score (nSPS) is 10.6. The van der Waals surface area contributed by atoms with E-state index in [0.29, 0.717) is 0 Å². The van der Waals surface area contributed by atoms with Gasteiger partial charge in [0.05, 0.1) is 10.5 Å². The fourth-order valence-electron chi connectivity index (χ4n) is 1.10. The van der Waals surface area contributed by atoms with Crippen LogP contribution in [0.25, 0.3) is 0 Å². The van der Waals surface area contributed by atoms with Gasteiger partial charge in [0.15, 0.2) is 9.84 Å². The van der Waals surface area contributed by atoms with Crippen molar-refractivity contribution in [1.29, 1.82) is 0 Å². The van der Waals surface area contributed by atoms with Crippen molar-refractivity contribution >= 4 is 15.8 Å². The summed E-state index contributed by atoms with van der Waals surface area (Å²) in [5.74, 6) is 0.203. The number of hydrogen-bond donors (Lipinski definition) is 1. The lowest BCUT2D eigenvalue weighted by molar-refractivity contribution is 0.0692. The number of rotatable bonds is 3. The average molecular weight is 224 g/mol. The summed E-state index contributed by atoms with van der Waals surface area (Å²) >= 11 is 0.